The van der Waals surface area contributed by atoms with E-state index in [2.05, 4.69) is 31.1 Å². The number of rotatable bonds is 16. The van der Waals surface area contributed by atoms with Gasteiger partial charge in [-0.25, -0.2) is 9.78 Å². The highest BCUT2D eigenvalue weighted by atomic mass is 16.5. The van der Waals surface area contributed by atoms with E-state index >= 15 is 0 Å². The number of nitrogen functional groups attached to an aromatic ring is 1. The molecule has 3 heterocycles. The van der Waals surface area contributed by atoms with E-state index in [4.69, 9.17) is 15.2 Å². The lowest BCUT2D eigenvalue weighted by Gasteiger charge is -2.56. The molecule has 4 fully saturated rings. The molecule has 3 amide bonds. The van der Waals surface area contributed by atoms with Crippen molar-refractivity contribution >= 4 is 34.8 Å². The van der Waals surface area contributed by atoms with E-state index in [0.717, 1.165) is 57.3 Å². The Hall–Kier alpha value is -5.86. The first-order valence-electron chi connectivity index (χ1n) is 20.4. The molecule has 4 saturated carbocycles. The molecule has 0 saturated heterocycles. The number of amides is 3. The Balaban J connectivity index is 1.07. The minimum atomic E-state index is -1.37. The van der Waals surface area contributed by atoms with E-state index < -0.39 is 36.0 Å². The smallest absolute Gasteiger partial charge is 0.405 e. The third kappa shape index (κ3) is 8.53. The Morgan fingerprint density at radius 2 is 1.67 bits per heavy atom. The van der Waals surface area contributed by atoms with Crippen molar-refractivity contribution in [3.8, 4) is 5.75 Å². The first-order chi connectivity index (χ1) is 27.9. The minimum Gasteiger partial charge on any atom is -0.508 e. The predicted molar refractivity (Wildman–Crippen MR) is 216 cm³/mol. The van der Waals surface area contributed by atoms with Gasteiger partial charge in [-0.2, -0.15) is 4.98 Å². The fraction of sp³-hybridized carbons (Fsp3) is 0.488. The number of nitrogens with one attached hydrogen (secondary N) is 4. The maximum absolute atomic E-state index is 14.7. The number of carbonyl (C=O) groups excluding carboxylic acids is 2. The molecule has 3 aromatic heterocycles. The van der Waals surface area contributed by atoms with Gasteiger partial charge in [-0.05, 0) is 129 Å². The molecule has 15 nitrogen and oxygen atoms in total. The number of H-pyrrole nitrogens is 1. The summed E-state index contributed by atoms with van der Waals surface area (Å²) in [7, 11) is 0. The molecule has 0 aliphatic heterocycles. The highest BCUT2D eigenvalue weighted by Gasteiger charge is 2.51. The Kier molecular flexibility index (Phi) is 10.9. The van der Waals surface area contributed by atoms with Crippen LogP contribution in [0.5, 0.6) is 5.75 Å². The molecule has 4 bridgehead atoms. The molecule has 306 valence electrons. The number of hydrogen-bond donors (Lipinski definition) is 7. The number of fused-ring (bicyclic) bond motifs is 1. The molecule has 15 heteroatoms. The van der Waals surface area contributed by atoms with Crippen molar-refractivity contribution in [2.45, 2.75) is 109 Å². The summed E-state index contributed by atoms with van der Waals surface area (Å²) in [4.78, 5) is 52.8. The lowest BCUT2D eigenvalue weighted by molar-refractivity contribution is -0.130. The third-order valence-corrected chi connectivity index (χ3v) is 12.9. The van der Waals surface area contributed by atoms with Gasteiger partial charge in [0.25, 0.3) is 0 Å². The fourth-order valence-electron chi connectivity index (χ4n) is 10.7. The molecule has 3 unspecified atom stereocenters. The molecule has 2 aromatic carbocycles. The second-order valence-electron chi connectivity index (χ2n) is 17.2. The number of phenolic OH excluding ortho intramolecular Hbond substituents is 1. The van der Waals surface area contributed by atoms with Crippen LogP contribution in [0, 0.1) is 37.0 Å². The summed E-state index contributed by atoms with van der Waals surface area (Å²) < 4.78 is 7.72. The van der Waals surface area contributed by atoms with Crippen LogP contribution < -0.4 is 21.7 Å². The molecule has 0 radical (unpaired) electrons. The van der Waals surface area contributed by atoms with Crippen molar-refractivity contribution in [3.05, 3.63) is 89.0 Å². The molecule has 9 rings (SSSR count). The maximum Gasteiger partial charge on any atom is 0.405 e. The highest BCUT2D eigenvalue weighted by Crippen LogP contribution is 2.61. The van der Waals surface area contributed by atoms with Gasteiger partial charge in [0.2, 0.25) is 17.7 Å². The molecular formula is C43H53N9O6. The van der Waals surface area contributed by atoms with Crippen molar-refractivity contribution in [2.75, 3.05) is 5.73 Å². The molecule has 4 aliphatic carbocycles. The normalized spacial score (nSPS) is 22.4. The van der Waals surface area contributed by atoms with Gasteiger partial charge >= 0.3 is 6.09 Å². The summed E-state index contributed by atoms with van der Waals surface area (Å²) in [6.45, 7) is 4.08. The zero-order valence-corrected chi connectivity index (χ0v) is 33.0. The van der Waals surface area contributed by atoms with Gasteiger partial charge in [0.1, 0.15) is 23.9 Å². The average molecular weight is 792 g/mol. The van der Waals surface area contributed by atoms with E-state index in [9.17, 15) is 24.6 Å². The zero-order chi connectivity index (χ0) is 40.6. The van der Waals surface area contributed by atoms with E-state index in [1.165, 1.54) is 38.5 Å². The van der Waals surface area contributed by atoms with E-state index in [1.54, 1.807) is 29.1 Å². The van der Waals surface area contributed by atoms with E-state index in [1.807, 2.05) is 44.3 Å². The van der Waals surface area contributed by atoms with Gasteiger partial charge in [0.15, 0.2) is 11.8 Å². The molecule has 3 atom stereocenters. The Morgan fingerprint density at radius 1 is 0.983 bits per heavy atom. The molecule has 5 aromatic rings. The van der Waals surface area contributed by atoms with Gasteiger partial charge in [-0.1, -0.05) is 23.4 Å². The molecule has 8 N–H and O–H groups in total. The number of carbonyl (C=O) groups is 3. The molecule has 4 aliphatic rings. The Labute approximate surface area is 336 Å². The number of hydrogen-bond acceptors (Lipinski definition) is 9. The first-order valence-corrected chi connectivity index (χ1v) is 20.4. The quantitative estimate of drug-likeness (QED) is 0.0650. The van der Waals surface area contributed by atoms with Crippen molar-refractivity contribution in [3.63, 3.8) is 0 Å². The third-order valence-electron chi connectivity index (χ3n) is 12.9. The maximum atomic E-state index is 14.7. The van der Waals surface area contributed by atoms with Crippen LogP contribution in [0.3, 0.4) is 0 Å². The van der Waals surface area contributed by atoms with Crippen LogP contribution >= 0.6 is 0 Å². The molecule has 58 heavy (non-hydrogen) atoms. The van der Waals surface area contributed by atoms with Crippen molar-refractivity contribution in [1.29, 1.82) is 0 Å². The summed E-state index contributed by atoms with van der Waals surface area (Å²) in [6, 6.07) is 8.09. The second kappa shape index (κ2) is 16.2. The number of imidazole rings is 1. The van der Waals surface area contributed by atoms with Crippen molar-refractivity contribution < 1.29 is 29.1 Å². The number of para-hydroxylation sites is 1. The lowest BCUT2D eigenvalue weighted by Crippen LogP contribution is -2.55. The summed E-state index contributed by atoms with van der Waals surface area (Å²) in [5.41, 5.74) is 10.2. The summed E-state index contributed by atoms with van der Waals surface area (Å²) >= 11 is 0. The van der Waals surface area contributed by atoms with Crippen molar-refractivity contribution in [2.24, 2.45) is 23.2 Å². The van der Waals surface area contributed by atoms with Gasteiger partial charge in [0, 0.05) is 55.3 Å². The highest BCUT2D eigenvalue weighted by molar-refractivity contribution is 5.91. The standard InChI is InChI=1S/C43H53N9O6/c1-24-12-30(53)13-25(2)32(24)18-35(47-38(54)34(49-42(56)57)8-5-10-52-11-9-45-41(52)44)39(55)48-36(17-29-23-46-33-7-4-3-6-31(29)33)40-50-37(51-58-40)22-43-19-26-14-27(20-43)16-28(15-26)21-43/h3-4,6-7,9,11-13,23,26-28,34-36,46,49,53H,5,8,10,14-22H2,1-2H3,(H2,44,45)(H,47,54)(H,48,55)(H,56,57). The van der Waals surface area contributed by atoms with Crippen LogP contribution in [0.1, 0.15) is 91.4 Å². The average Bonchev–Trinajstić information content (AvgIpc) is 3.91. The summed E-state index contributed by atoms with van der Waals surface area (Å²) in [6.07, 6.45) is 13.1. The van der Waals surface area contributed by atoms with E-state index in [0.29, 0.717) is 31.2 Å². The first kappa shape index (κ1) is 39.0. The number of aryl methyl sites for hydroxylation is 3. The predicted octanol–water partition coefficient (Wildman–Crippen LogP) is 5.66. The van der Waals surface area contributed by atoms with Crippen LogP contribution in [0.2, 0.25) is 0 Å². The molecule has 0 spiro atoms. The lowest BCUT2D eigenvalue weighted by atomic mass is 9.49. The number of carboxylic acid groups (broad SMARTS) is 1. The minimum absolute atomic E-state index is 0.0712. The Morgan fingerprint density at radius 3 is 2.34 bits per heavy atom. The topological polar surface area (TPSA) is 226 Å². The molecular weight excluding hydrogens is 739 g/mol. The van der Waals surface area contributed by atoms with Gasteiger partial charge < -0.3 is 46.0 Å². The van der Waals surface area contributed by atoms with Crippen LogP contribution in [-0.4, -0.2) is 64.9 Å². The van der Waals surface area contributed by atoms with Gasteiger partial charge in [0.05, 0.1) is 0 Å². The summed E-state index contributed by atoms with van der Waals surface area (Å²) in [5, 5.41) is 33.8. The second-order valence-corrected chi connectivity index (χ2v) is 17.2. The number of aromatic nitrogens is 5. The number of aromatic amines is 1. The number of nitrogens with zero attached hydrogens (tertiary/aromatic N) is 4. The van der Waals surface area contributed by atoms with E-state index in [-0.39, 0.29) is 29.9 Å². The number of nitrogens with two attached hydrogens (primary N) is 1. The number of aromatic hydroxyl groups is 1. The Bertz CT molecular complexity index is 2240. The van der Waals surface area contributed by atoms with Crippen LogP contribution in [0.15, 0.2) is 59.5 Å². The van der Waals surface area contributed by atoms with Crippen LogP contribution in [0.4, 0.5) is 10.7 Å². The van der Waals surface area contributed by atoms with Crippen LogP contribution in [0.25, 0.3) is 10.9 Å². The van der Waals surface area contributed by atoms with Gasteiger partial charge in [-0.3, -0.25) is 9.59 Å². The largest absolute Gasteiger partial charge is 0.508 e. The number of anilines is 1. The van der Waals surface area contributed by atoms with Gasteiger partial charge in [-0.15, -0.1) is 0 Å². The van der Waals surface area contributed by atoms with Crippen molar-refractivity contribution in [1.82, 2.24) is 40.6 Å². The number of phenols is 1. The zero-order valence-electron chi connectivity index (χ0n) is 33.0. The monoisotopic (exact) mass is 791 g/mol. The fourth-order valence-corrected chi connectivity index (χ4v) is 10.7. The SMILES string of the molecule is Cc1cc(O)cc(C)c1CC(NC(=O)C(CCCn1ccnc1N)NC(=O)O)C(=O)NC(Cc1c[nH]c2ccccc12)c1nc(CC23CC4CC(CC(C4)C2)C3)no1. The number of benzene rings is 2. The summed E-state index contributed by atoms with van der Waals surface area (Å²) in [5.74, 6) is 2.51. The van der Waals surface area contributed by atoms with Crippen LogP contribution in [-0.2, 0) is 35.4 Å².